The maximum atomic E-state index is 12.6. The molecule has 0 spiro atoms. The van der Waals surface area contributed by atoms with Gasteiger partial charge in [0.25, 0.3) is 5.91 Å². The molecule has 33 heavy (non-hydrogen) atoms. The van der Waals surface area contributed by atoms with Gasteiger partial charge in [-0.1, -0.05) is 38.1 Å². The molecule has 2 aromatic carbocycles. The Balaban J connectivity index is 1.45. The molecule has 2 aliphatic rings. The van der Waals surface area contributed by atoms with Crippen LogP contribution in [0, 0.1) is 12.3 Å². The molecule has 1 amide bonds. The second-order valence-electron chi connectivity index (χ2n) is 7.61. The van der Waals surface area contributed by atoms with Gasteiger partial charge >= 0.3 is 0 Å². The summed E-state index contributed by atoms with van der Waals surface area (Å²) in [6.45, 7) is 6.88. The SMILES string of the molecule is CCC1=NN2C(=N)/C(=C\c3ccccc3OCCOc3cc(C)cc(CC)c3)C(=O)N=C2S1. The molecule has 0 saturated heterocycles. The van der Waals surface area contributed by atoms with Crippen molar-refractivity contribution in [3.05, 3.63) is 64.7 Å². The smallest absolute Gasteiger partial charge is 0.283 e. The first kappa shape index (κ1) is 22.8. The lowest BCUT2D eigenvalue weighted by molar-refractivity contribution is -0.114. The summed E-state index contributed by atoms with van der Waals surface area (Å²) in [6, 6.07) is 13.6. The summed E-state index contributed by atoms with van der Waals surface area (Å²) in [4.78, 5) is 16.7. The maximum absolute atomic E-state index is 12.6. The molecule has 0 atom stereocenters. The third-order valence-electron chi connectivity index (χ3n) is 5.15. The number of hydrogen-bond donors (Lipinski definition) is 1. The van der Waals surface area contributed by atoms with E-state index in [2.05, 4.69) is 30.0 Å². The van der Waals surface area contributed by atoms with Crippen molar-refractivity contribution >= 4 is 39.8 Å². The van der Waals surface area contributed by atoms with E-state index in [1.165, 1.54) is 27.9 Å². The van der Waals surface area contributed by atoms with E-state index >= 15 is 0 Å². The average Bonchev–Trinajstić information content (AvgIpc) is 3.23. The lowest BCUT2D eigenvalue weighted by Gasteiger charge is -2.20. The van der Waals surface area contributed by atoms with Crippen molar-refractivity contribution in [2.45, 2.75) is 33.6 Å². The zero-order valence-electron chi connectivity index (χ0n) is 18.9. The lowest BCUT2D eigenvalue weighted by Crippen LogP contribution is -2.35. The molecule has 0 bridgehead atoms. The minimum atomic E-state index is -0.449. The van der Waals surface area contributed by atoms with Gasteiger partial charge in [-0.25, -0.2) is 0 Å². The number of hydrogen-bond acceptors (Lipinski definition) is 6. The highest BCUT2D eigenvalue weighted by molar-refractivity contribution is 8.26. The zero-order chi connectivity index (χ0) is 23.4. The van der Waals surface area contributed by atoms with Crippen LogP contribution in [0.15, 0.2) is 58.1 Å². The predicted octanol–water partition coefficient (Wildman–Crippen LogP) is 5.04. The summed E-state index contributed by atoms with van der Waals surface area (Å²) in [6.07, 6.45) is 3.32. The van der Waals surface area contributed by atoms with E-state index in [4.69, 9.17) is 14.9 Å². The number of nitrogens with one attached hydrogen (secondary N) is 1. The number of aliphatic imine (C=N–C) groups is 1. The third kappa shape index (κ3) is 5.17. The molecule has 0 fully saturated rings. The van der Waals surface area contributed by atoms with Gasteiger partial charge in [-0.15, -0.1) is 0 Å². The van der Waals surface area contributed by atoms with Crippen molar-refractivity contribution < 1.29 is 14.3 Å². The Kier molecular flexibility index (Phi) is 6.93. The molecule has 4 rings (SSSR count). The standard InChI is InChI=1S/C25H26N4O3S/c1-4-17-12-16(3)13-19(14-17)31-10-11-32-21-9-7-6-8-18(21)15-20-23(26)29-25(27-24(20)30)33-22(5-2)28-29/h6-9,12-15,26H,4-5,10-11H2,1-3H3/b20-15+,26-23?. The van der Waals surface area contributed by atoms with Crippen LogP contribution in [0.4, 0.5) is 0 Å². The summed E-state index contributed by atoms with van der Waals surface area (Å²) in [5, 5.41) is 15.5. The Bertz CT molecular complexity index is 1190. The maximum Gasteiger partial charge on any atom is 0.283 e. The molecule has 7 nitrogen and oxygen atoms in total. The number of benzene rings is 2. The molecule has 8 heteroatoms. The first-order valence-corrected chi connectivity index (χ1v) is 11.7. The Morgan fingerprint density at radius 3 is 2.67 bits per heavy atom. The normalized spacial score (nSPS) is 16.6. The van der Waals surface area contributed by atoms with E-state index < -0.39 is 5.91 Å². The largest absolute Gasteiger partial charge is 0.490 e. The van der Waals surface area contributed by atoms with E-state index in [0.29, 0.717) is 29.7 Å². The monoisotopic (exact) mass is 462 g/mol. The van der Waals surface area contributed by atoms with Crippen molar-refractivity contribution in [1.29, 1.82) is 5.41 Å². The molecule has 2 aliphatic heterocycles. The van der Waals surface area contributed by atoms with E-state index in [1.54, 1.807) is 6.08 Å². The number of aryl methyl sites for hydroxylation is 2. The highest BCUT2D eigenvalue weighted by Crippen LogP contribution is 2.30. The van der Waals surface area contributed by atoms with Crippen LogP contribution in [0.5, 0.6) is 11.5 Å². The van der Waals surface area contributed by atoms with Gasteiger partial charge in [-0.2, -0.15) is 15.1 Å². The van der Waals surface area contributed by atoms with Crippen molar-refractivity contribution in [3.63, 3.8) is 0 Å². The lowest BCUT2D eigenvalue weighted by atomic mass is 10.1. The van der Waals surface area contributed by atoms with E-state index in [1.807, 2.05) is 43.3 Å². The van der Waals surface area contributed by atoms with Crippen LogP contribution in [0.1, 0.15) is 37.0 Å². The summed E-state index contributed by atoms with van der Waals surface area (Å²) in [5.41, 5.74) is 3.28. The van der Waals surface area contributed by atoms with Crippen LogP contribution in [0.3, 0.4) is 0 Å². The van der Waals surface area contributed by atoms with Gasteiger partial charge in [0.2, 0.25) is 5.17 Å². The van der Waals surface area contributed by atoms with Crippen molar-refractivity contribution in [3.8, 4) is 11.5 Å². The van der Waals surface area contributed by atoms with E-state index in [0.717, 1.165) is 23.6 Å². The number of thioether (sulfide) groups is 1. The minimum absolute atomic E-state index is 0.0188. The number of para-hydroxylation sites is 1. The number of carbonyl (C=O) groups excluding carboxylic acids is 1. The molecular formula is C25H26N4O3S. The molecule has 0 saturated carbocycles. The number of ether oxygens (including phenoxy) is 2. The summed E-state index contributed by atoms with van der Waals surface area (Å²) in [7, 11) is 0. The third-order valence-corrected chi connectivity index (χ3v) is 6.20. The van der Waals surface area contributed by atoms with Gasteiger partial charge in [0.1, 0.15) is 29.8 Å². The van der Waals surface area contributed by atoms with Crippen molar-refractivity contribution in [2.24, 2.45) is 10.1 Å². The molecule has 1 N–H and O–H groups in total. The van der Waals surface area contributed by atoms with Gasteiger partial charge in [-0.3, -0.25) is 10.2 Å². The van der Waals surface area contributed by atoms with Crippen LogP contribution >= 0.6 is 11.8 Å². The number of carbonyl (C=O) groups is 1. The molecule has 170 valence electrons. The quantitative estimate of drug-likeness (QED) is 0.438. The number of amides is 1. The zero-order valence-corrected chi connectivity index (χ0v) is 19.7. The molecule has 0 radical (unpaired) electrons. The van der Waals surface area contributed by atoms with Crippen molar-refractivity contribution in [2.75, 3.05) is 13.2 Å². The Morgan fingerprint density at radius 2 is 1.88 bits per heavy atom. The minimum Gasteiger partial charge on any atom is -0.490 e. The number of rotatable bonds is 8. The molecule has 0 unspecified atom stereocenters. The van der Waals surface area contributed by atoms with E-state index in [-0.39, 0.29) is 11.4 Å². The molecule has 2 heterocycles. The number of nitrogens with zero attached hydrogens (tertiary/aromatic N) is 3. The predicted molar refractivity (Wildman–Crippen MR) is 133 cm³/mol. The van der Waals surface area contributed by atoms with Crippen LogP contribution in [0.25, 0.3) is 6.08 Å². The summed E-state index contributed by atoms with van der Waals surface area (Å²) < 4.78 is 11.8. The van der Waals surface area contributed by atoms with Gasteiger partial charge in [0.05, 0.1) is 5.57 Å². The highest BCUT2D eigenvalue weighted by Gasteiger charge is 2.35. The second kappa shape index (κ2) is 10.0. The highest BCUT2D eigenvalue weighted by atomic mass is 32.2. The summed E-state index contributed by atoms with van der Waals surface area (Å²) >= 11 is 1.33. The number of fused-ring (bicyclic) bond motifs is 1. The molecular weight excluding hydrogens is 436 g/mol. The average molecular weight is 463 g/mol. The van der Waals surface area contributed by atoms with Crippen LogP contribution < -0.4 is 9.47 Å². The fourth-order valence-electron chi connectivity index (χ4n) is 3.48. The number of amidine groups is 2. The van der Waals surface area contributed by atoms with Gasteiger partial charge in [-0.05, 0) is 66.9 Å². The molecule has 0 aromatic heterocycles. The van der Waals surface area contributed by atoms with Crippen LogP contribution in [-0.4, -0.2) is 40.2 Å². The topological polar surface area (TPSA) is 87.3 Å². The Morgan fingerprint density at radius 1 is 1.09 bits per heavy atom. The summed E-state index contributed by atoms with van der Waals surface area (Å²) in [5.74, 6) is 1.01. The fourth-order valence-corrected chi connectivity index (χ4v) is 4.31. The van der Waals surface area contributed by atoms with Gasteiger partial charge in [0.15, 0.2) is 5.84 Å². The number of hydrazone groups is 1. The Labute approximate surface area is 197 Å². The Hall–Kier alpha value is -3.39. The van der Waals surface area contributed by atoms with Crippen molar-refractivity contribution in [1.82, 2.24) is 5.01 Å². The fraction of sp³-hybridized carbons (Fsp3) is 0.280. The first-order chi connectivity index (χ1) is 16.0. The first-order valence-electron chi connectivity index (χ1n) is 10.9. The molecule has 0 aliphatic carbocycles. The van der Waals surface area contributed by atoms with Crippen LogP contribution in [-0.2, 0) is 11.2 Å². The van der Waals surface area contributed by atoms with E-state index in [9.17, 15) is 4.79 Å². The second-order valence-corrected chi connectivity index (χ2v) is 8.65. The van der Waals surface area contributed by atoms with Crippen LogP contribution in [0.2, 0.25) is 0 Å². The van der Waals surface area contributed by atoms with Gasteiger partial charge < -0.3 is 9.47 Å². The van der Waals surface area contributed by atoms with Gasteiger partial charge in [0, 0.05) is 5.56 Å². The molecule has 2 aromatic rings.